The molecule has 0 N–H and O–H groups in total. The van der Waals surface area contributed by atoms with Crippen molar-refractivity contribution < 1.29 is 0 Å². The molecule has 3 heteroatoms. The first-order chi connectivity index (χ1) is 31.8. The van der Waals surface area contributed by atoms with Gasteiger partial charge >= 0.3 is 0 Å². The van der Waals surface area contributed by atoms with Crippen LogP contribution in [0.5, 0.6) is 0 Å². The van der Waals surface area contributed by atoms with Crippen LogP contribution in [0.15, 0.2) is 194 Å². The fourth-order valence-corrected chi connectivity index (χ4v) is 12.2. The van der Waals surface area contributed by atoms with Gasteiger partial charge in [-0.05, 0) is 105 Å². The number of nitrogens with zero attached hydrogens (tertiary/aromatic N) is 3. The third kappa shape index (κ3) is 4.87. The van der Waals surface area contributed by atoms with Crippen LogP contribution in [0, 0.1) is 5.92 Å². The fraction of sp³-hybridized carbons (Fsp3) is 0.0820. The molecular formula is C61H41N3. The van der Waals surface area contributed by atoms with Gasteiger partial charge in [0.25, 0.3) is 0 Å². The van der Waals surface area contributed by atoms with Crippen LogP contribution in [0.3, 0.4) is 0 Å². The van der Waals surface area contributed by atoms with Crippen molar-refractivity contribution >= 4 is 39.5 Å². The first-order valence-corrected chi connectivity index (χ1v) is 22.6. The van der Waals surface area contributed by atoms with Gasteiger partial charge in [-0.1, -0.05) is 164 Å². The summed E-state index contributed by atoms with van der Waals surface area (Å²) in [7, 11) is 0. The highest BCUT2D eigenvalue weighted by Crippen LogP contribution is 2.64. The SMILES string of the molecule is C1=Cc2c(n(-c3ccc(-c4ccc(-c5cccc(-c6nc7ccccc7c7c6=CCC6C=7c7ccccc7C67c6ccccc6-c6ccccc67)c5)cn4)cc3)c3ccccc23)CC1. The van der Waals surface area contributed by atoms with Gasteiger partial charge in [0.1, 0.15) is 0 Å². The van der Waals surface area contributed by atoms with E-state index in [0.29, 0.717) is 0 Å². The average Bonchev–Trinajstić information content (AvgIpc) is 3.98. The molecule has 3 aromatic heterocycles. The molecule has 4 aliphatic rings. The molecule has 64 heavy (non-hydrogen) atoms. The first kappa shape index (κ1) is 35.7. The van der Waals surface area contributed by atoms with Crippen molar-refractivity contribution in [2.75, 3.05) is 0 Å². The number of pyridine rings is 2. The summed E-state index contributed by atoms with van der Waals surface area (Å²) >= 11 is 0. The zero-order valence-electron chi connectivity index (χ0n) is 35.2. The fourth-order valence-electron chi connectivity index (χ4n) is 12.2. The maximum atomic E-state index is 5.48. The molecule has 14 rings (SSSR count). The van der Waals surface area contributed by atoms with Crippen molar-refractivity contribution in [2.45, 2.75) is 24.7 Å². The molecule has 3 heterocycles. The molecule has 0 saturated carbocycles. The summed E-state index contributed by atoms with van der Waals surface area (Å²) in [6.45, 7) is 0. The number of aromatic nitrogens is 3. The van der Waals surface area contributed by atoms with E-state index in [2.05, 4.69) is 205 Å². The Kier molecular flexibility index (Phi) is 7.56. The molecule has 1 atom stereocenters. The lowest BCUT2D eigenvalue weighted by Crippen LogP contribution is -2.40. The second-order valence-corrected chi connectivity index (χ2v) is 17.8. The average molecular weight is 816 g/mol. The molecule has 0 aliphatic heterocycles. The van der Waals surface area contributed by atoms with Gasteiger partial charge in [0.15, 0.2) is 0 Å². The topological polar surface area (TPSA) is 30.7 Å². The molecule has 0 fully saturated rings. The van der Waals surface area contributed by atoms with E-state index >= 15 is 0 Å². The number of benzene rings is 7. The highest BCUT2D eigenvalue weighted by Gasteiger charge is 2.56. The normalized spacial score (nSPS) is 15.9. The highest BCUT2D eigenvalue weighted by atomic mass is 15.0. The zero-order chi connectivity index (χ0) is 41.9. The Labute approximate surface area is 371 Å². The molecule has 0 bridgehead atoms. The largest absolute Gasteiger partial charge is 0.313 e. The quantitative estimate of drug-likeness (QED) is 0.177. The molecule has 300 valence electrons. The molecule has 1 spiro atoms. The Morgan fingerprint density at radius 1 is 0.562 bits per heavy atom. The van der Waals surface area contributed by atoms with Crippen LogP contribution in [-0.4, -0.2) is 14.5 Å². The number of hydrogen-bond acceptors (Lipinski definition) is 2. The van der Waals surface area contributed by atoms with Crippen LogP contribution in [0.2, 0.25) is 0 Å². The molecule has 4 aliphatic carbocycles. The Bertz CT molecular complexity index is 3710. The summed E-state index contributed by atoms with van der Waals surface area (Å²) in [5.41, 5.74) is 22.1. The van der Waals surface area contributed by atoms with Gasteiger partial charge < -0.3 is 4.57 Å². The minimum absolute atomic E-state index is 0.240. The number of hydrogen-bond donors (Lipinski definition) is 0. The van der Waals surface area contributed by atoms with E-state index in [9.17, 15) is 0 Å². The van der Waals surface area contributed by atoms with Gasteiger partial charge in [-0.25, -0.2) is 4.98 Å². The molecular weight excluding hydrogens is 775 g/mol. The predicted octanol–water partition coefficient (Wildman–Crippen LogP) is 12.9. The number of allylic oxidation sites excluding steroid dienone is 1. The molecule has 7 aromatic carbocycles. The van der Waals surface area contributed by atoms with Crippen molar-refractivity contribution in [3.8, 4) is 50.5 Å². The van der Waals surface area contributed by atoms with Gasteiger partial charge in [0.2, 0.25) is 0 Å². The van der Waals surface area contributed by atoms with E-state index < -0.39 is 0 Å². The smallest absolute Gasteiger partial charge is 0.0785 e. The minimum Gasteiger partial charge on any atom is -0.313 e. The molecule has 10 aromatic rings. The maximum absolute atomic E-state index is 5.48. The van der Waals surface area contributed by atoms with Crippen LogP contribution >= 0.6 is 0 Å². The van der Waals surface area contributed by atoms with Crippen molar-refractivity contribution in [3.05, 3.63) is 238 Å². The summed E-state index contributed by atoms with van der Waals surface area (Å²) in [6, 6.07) is 67.2. The third-order valence-electron chi connectivity index (χ3n) is 14.8. The summed E-state index contributed by atoms with van der Waals surface area (Å²) in [5.74, 6) is 0.240. The van der Waals surface area contributed by atoms with Gasteiger partial charge in [0.05, 0.1) is 27.8 Å². The molecule has 0 radical (unpaired) electrons. The predicted molar refractivity (Wildman–Crippen MR) is 263 cm³/mol. The number of rotatable bonds is 4. The van der Waals surface area contributed by atoms with E-state index in [1.807, 2.05) is 6.20 Å². The lowest BCUT2D eigenvalue weighted by atomic mass is 9.65. The monoisotopic (exact) mass is 815 g/mol. The van der Waals surface area contributed by atoms with Crippen LogP contribution in [0.4, 0.5) is 0 Å². The Morgan fingerprint density at radius 3 is 2.02 bits per heavy atom. The van der Waals surface area contributed by atoms with Crippen LogP contribution in [0.25, 0.3) is 90.0 Å². The lowest BCUT2D eigenvalue weighted by Gasteiger charge is -2.36. The van der Waals surface area contributed by atoms with E-state index in [1.165, 1.54) is 82.6 Å². The first-order valence-electron chi connectivity index (χ1n) is 22.6. The minimum atomic E-state index is -0.270. The van der Waals surface area contributed by atoms with Crippen molar-refractivity contribution in [3.63, 3.8) is 0 Å². The highest BCUT2D eigenvalue weighted by molar-refractivity contribution is 5.97. The van der Waals surface area contributed by atoms with E-state index in [0.717, 1.165) is 58.4 Å². The Balaban J connectivity index is 0.869. The van der Waals surface area contributed by atoms with E-state index in [-0.39, 0.29) is 11.3 Å². The van der Waals surface area contributed by atoms with Crippen molar-refractivity contribution in [1.29, 1.82) is 0 Å². The Hall–Kier alpha value is -7.88. The standard InChI is InChI=1S/C61H41N3/c1-7-22-50-43(16-1)44-17-2-8-23-51(44)61(50)52-24-9-3-20-47(52)59-53(61)34-33-49-58(59)48-21-4-10-25-55(48)63-60(49)40-15-13-14-39(36-40)41-30-35-54(62-37-41)38-28-31-42(32-29-38)64-56-26-11-5-18-45(56)46-19-6-12-27-57(46)64/h1-11,13-26,28-33,35-37,53H,12,27,34H2. The Morgan fingerprint density at radius 2 is 1.23 bits per heavy atom. The molecule has 1 unspecified atom stereocenters. The zero-order valence-corrected chi connectivity index (χ0v) is 35.2. The number of para-hydroxylation sites is 2. The van der Waals surface area contributed by atoms with Gasteiger partial charge in [0, 0.05) is 61.7 Å². The third-order valence-corrected chi connectivity index (χ3v) is 14.8. The van der Waals surface area contributed by atoms with Gasteiger partial charge in [-0.15, -0.1) is 0 Å². The summed E-state index contributed by atoms with van der Waals surface area (Å²) in [5, 5.41) is 5.09. The van der Waals surface area contributed by atoms with E-state index in [4.69, 9.17) is 9.97 Å². The number of fused-ring (bicyclic) bond motifs is 16. The van der Waals surface area contributed by atoms with Crippen LogP contribution in [0.1, 0.15) is 46.4 Å². The van der Waals surface area contributed by atoms with Crippen LogP contribution in [-0.2, 0) is 11.8 Å². The van der Waals surface area contributed by atoms with Crippen molar-refractivity contribution in [2.24, 2.45) is 5.92 Å². The second kappa shape index (κ2) is 13.6. The van der Waals surface area contributed by atoms with Gasteiger partial charge in [-0.3, -0.25) is 4.98 Å². The molecule has 0 saturated heterocycles. The summed E-state index contributed by atoms with van der Waals surface area (Å²) in [4.78, 5) is 10.5. The maximum Gasteiger partial charge on any atom is 0.0785 e. The molecule has 0 amide bonds. The van der Waals surface area contributed by atoms with Gasteiger partial charge in [-0.2, -0.15) is 0 Å². The van der Waals surface area contributed by atoms with Crippen molar-refractivity contribution in [1.82, 2.24) is 14.5 Å². The lowest BCUT2D eigenvalue weighted by molar-refractivity contribution is 0.501. The second-order valence-electron chi connectivity index (χ2n) is 17.8. The summed E-state index contributed by atoms with van der Waals surface area (Å²) in [6.07, 6.45) is 12.2. The molecule has 3 nitrogen and oxygen atoms in total. The van der Waals surface area contributed by atoms with Crippen LogP contribution < -0.4 is 10.4 Å². The summed E-state index contributed by atoms with van der Waals surface area (Å²) < 4.78 is 2.44. The van der Waals surface area contributed by atoms with E-state index in [1.54, 1.807) is 0 Å².